The molecule has 2 atom stereocenters. The number of hydrogen-bond acceptors (Lipinski definition) is 10. The van der Waals surface area contributed by atoms with Crippen molar-refractivity contribution < 1.29 is 23.9 Å². The molecule has 0 bridgehead atoms. The number of aliphatic hydroxyl groups is 1. The molecule has 1 fully saturated rings. The number of aromatic amines is 1. The maximum Gasteiger partial charge on any atom is 0.276 e. The van der Waals surface area contributed by atoms with Crippen molar-refractivity contribution in [2.75, 3.05) is 35.2 Å². The number of fused-ring (bicyclic) bond motifs is 2. The number of aryl methyl sites for hydroxylation is 1. The van der Waals surface area contributed by atoms with Crippen LogP contribution < -0.4 is 26.4 Å². The molecule has 362 valence electrons. The van der Waals surface area contributed by atoms with E-state index >= 15 is 0 Å². The Morgan fingerprint density at radius 3 is 2.60 bits per heavy atom. The normalized spacial score (nSPS) is 15.7. The highest BCUT2D eigenvalue weighted by Crippen LogP contribution is 2.33. The summed E-state index contributed by atoms with van der Waals surface area (Å²) in [5.41, 5.74) is 6.54. The molecule has 3 amide bonds. The molecule has 17 nitrogen and oxygen atoms in total. The maximum absolute atomic E-state index is 14.1. The van der Waals surface area contributed by atoms with Crippen molar-refractivity contribution in [3.05, 3.63) is 171 Å². The number of nitrogens with zero attached hydrogens (tertiary/aromatic N) is 8. The molecule has 2 aromatic carbocycles. The molecule has 18 heteroatoms. The third kappa shape index (κ3) is 10.3. The molecule has 0 spiro atoms. The van der Waals surface area contributed by atoms with E-state index in [4.69, 9.17) is 10.1 Å². The number of halogens is 1. The minimum absolute atomic E-state index is 0.0384. The summed E-state index contributed by atoms with van der Waals surface area (Å²) in [5.74, 6) is -0.0349. The highest BCUT2D eigenvalue weighted by molar-refractivity contribution is 6.04. The average molecular weight is 949 g/mol. The number of benzene rings is 2. The van der Waals surface area contributed by atoms with E-state index in [1.165, 1.54) is 22.8 Å². The zero-order chi connectivity index (χ0) is 48.9. The Balaban J connectivity index is 0.848. The Kier molecular flexibility index (Phi) is 14.0. The molecule has 9 rings (SSSR count). The van der Waals surface area contributed by atoms with Crippen LogP contribution in [0.4, 0.5) is 21.7 Å². The van der Waals surface area contributed by atoms with E-state index in [1.54, 1.807) is 75.0 Å². The van der Waals surface area contributed by atoms with E-state index in [2.05, 4.69) is 44.4 Å². The number of piperidine rings is 1. The second kappa shape index (κ2) is 20.8. The molecule has 5 aromatic heterocycles. The van der Waals surface area contributed by atoms with Crippen molar-refractivity contribution >= 4 is 40.7 Å². The van der Waals surface area contributed by atoms with Gasteiger partial charge in [0.05, 0.1) is 25.8 Å². The molecule has 2 aliphatic heterocycles. The second-order valence-electron chi connectivity index (χ2n) is 18.1. The molecule has 0 saturated carbocycles. The minimum atomic E-state index is -0.469. The Labute approximate surface area is 404 Å². The van der Waals surface area contributed by atoms with E-state index in [1.807, 2.05) is 25.3 Å². The molecule has 7 aromatic rings. The Morgan fingerprint density at radius 2 is 1.81 bits per heavy atom. The first-order chi connectivity index (χ1) is 34.0. The number of amides is 3. The summed E-state index contributed by atoms with van der Waals surface area (Å²) in [7, 11) is 0. The van der Waals surface area contributed by atoms with Gasteiger partial charge >= 0.3 is 0 Å². The molecule has 0 aliphatic carbocycles. The first kappa shape index (κ1) is 47.2. The highest BCUT2D eigenvalue weighted by Gasteiger charge is 2.35. The zero-order valence-electron chi connectivity index (χ0n) is 39.3. The van der Waals surface area contributed by atoms with Crippen LogP contribution in [0.15, 0.2) is 114 Å². The first-order valence-corrected chi connectivity index (χ1v) is 23.8. The smallest absolute Gasteiger partial charge is 0.276 e. The van der Waals surface area contributed by atoms with Gasteiger partial charge in [-0.25, -0.2) is 9.37 Å². The molecule has 0 radical (unpaired) electrons. The number of carbonyl (C=O) groups excluding carboxylic acids is 3. The molecule has 7 heterocycles. The van der Waals surface area contributed by atoms with Gasteiger partial charge in [-0.05, 0) is 85.2 Å². The van der Waals surface area contributed by atoms with Gasteiger partial charge in [0.15, 0.2) is 11.3 Å². The number of pyridine rings is 1. The highest BCUT2D eigenvalue weighted by atomic mass is 19.1. The summed E-state index contributed by atoms with van der Waals surface area (Å²) in [5, 5.41) is 28.5. The van der Waals surface area contributed by atoms with Crippen molar-refractivity contribution in [3.8, 4) is 0 Å². The lowest BCUT2D eigenvalue weighted by Gasteiger charge is -2.36. The Hall–Kier alpha value is -7.86. The molecule has 5 N–H and O–H groups in total. The minimum Gasteiger partial charge on any atom is -0.396 e. The van der Waals surface area contributed by atoms with E-state index in [0.717, 1.165) is 71.9 Å². The van der Waals surface area contributed by atoms with Gasteiger partial charge in [0.25, 0.3) is 17.4 Å². The van der Waals surface area contributed by atoms with Gasteiger partial charge in [-0.1, -0.05) is 50.8 Å². The van der Waals surface area contributed by atoms with Crippen molar-refractivity contribution in [2.45, 2.75) is 90.6 Å². The second-order valence-corrected chi connectivity index (χ2v) is 18.1. The predicted molar refractivity (Wildman–Crippen MR) is 264 cm³/mol. The summed E-state index contributed by atoms with van der Waals surface area (Å²) in [6.07, 6.45) is 9.84. The third-order valence-electron chi connectivity index (χ3n) is 13.1. The Bertz CT molecular complexity index is 3100. The van der Waals surface area contributed by atoms with Crippen LogP contribution in [0, 0.1) is 5.82 Å². The quantitative estimate of drug-likeness (QED) is 0.0637. The van der Waals surface area contributed by atoms with Gasteiger partial charge < -0.3 is 40.4 Å². The van der Waals surface area contributed by atoms with Crippen LogP contribution in [-0.2, 0) is 43.9 Å². The SMILES string of the molecule is C=C(Cn1cc(CNc2cc(N3CCCC[C@H]3CCO)nc3c(CC)cnn23)ccc1=O)C(=O)NCc1cccc(NC(=O)c2nn(Cc3ccc(F)cc3)c3c2CN(C(=O)c2ccc[nH]2)C[C@@H]3C)c1. The summed E-state index contributed by atoms with van der Waals surface area (Å²) in [6.45, 7) is 10.4. The molecular formula is C52H57FN12O5. The van der Waals surface area contributed by atoms with Gasteiger partial charge in [0.1, 0.15) is 23.1 Å². The van der Waals surface area contributed by atoms with Gasteiger partial charge in [0.2, 0.25) is 5.91 Å². The number of aromatic nitrogens is 7. The fourth-order valence-electron chi connectivity index (χ4n) is 9.55. The van der Waals surface area contributed by atoms with Crippen LogP contribution in [0.2, 0.25) is 0 Å². The third-order valence-corrected chi connectivity index (χ3v) is 13.1. The fraction of sp³-hybridized carbons (Fsp3) is 0.327. The lowest BCUT2D eigenvalue weighted by molar-refractivity contribution is -0.117. The zero-order valence-corrected chi connectivity index (χ0v) is 39.3. The predicted octanol–water partition coefficient (Wildman–Crippen LogP) is 6.40. The topological polar surface area (TPSA) is 200 Å². The molecule has 2 aliphatic rings. The number of anilines is 3. The van der Waals surface area contributed by atoms with Crippen molar-refractivity contribution in [3.63, 3.8) is 0 Å². The van der Waals surface area contributed by atoms with Gasteiger partial charge in [-0.3, -0.25) is 23.9 Å². The van der Waals surface area contributed by atoms with Crippen LogP contribution in [0.1, 0.15) is 99.9 Å². The molecular weight excluding hydrogens is 892 g/mol. The first-order valence-electron chi connectivity index (χ1n) is 23.8. The number of rotatable bonds is 17. The largest absolute Gasteiger partial charge is 0.396 e. The fourth-order valence-corrected chi connectivity index (χ4v) is 9.55. The van der Waals surface area contributed by atoms with Crippen LogP contribution in [0.25, 0.3) is 5.65 Å². The maximum atomic E-state index is 14.1. The van der Waals surface area contributed by atoms with E-state index in [0.29, 0.717) is 48.6 Å². The van der Waals surface area contributed by atoms with E-state index in [9.17, 15) is 28.7 Å². The number of nitrogens with one attached hydrogen (secondary N) is 4. The van der Waals surface area contributed by atoms with Crippen LogP contribution in [-0.4, -0.2) is 87.4 Å². The lowest BCUT2D eigenvalue weighted by atomic mass is 9.95. The summed E-state index contributed by atoms with van der Waals surface area (Å²) >= 11 is 0. The van der Waals surface area contributed by atoms with Crippen LogP contribution in [0.5, 0.6) is 0 Å². The number of carbonyl (C=O) groups is 3. The summed E-state index contributed by atoms with van der Waals surface area (Å²) in [6, 6.07) is 22.1. The summed E-state index contributed by atoms with van der Waals surface area (Å²) < 4.78 is 18.8. The monoisotopic (exact) mass is 948 g/mol. The number of aliphatic hydroxyl groups excluding tert-OH is 1. The summed E-state index contributed by atoms with van der Waals surface area (Å²) in [4.78, 5) is 66.1. The number of H-pyrrole nitrogens is 1. The van der Waals surface area contributed by atoms with Crippen molar-refractivity contribution in [1.82, 2.24) is 44.1 Å². The van der Waals surface area contributed by atoms with Crippen molar-refractivity contribution in [1.29, 1.82) is 0 Å². The van der Waals surface area contributed by atoms with Crippen LogP contribution >= 0.6 is 0 Å². The van der Waals surface area contributed by atoms with Gasteiger partial charge in [0, 0.05) is 97.4 Å². The van der Waals surface area contributed by atoms with E-state index in [-0.39, 0.29) is 66.8 Å². The lowest BCUT2D eigenvalue weighted by Crippen LogP contribution is -2.40. The Morgan fingerprint density at radius 1 is 0.986 bits per heavy atom. The number of hydrogen-bond donors (Lipinski definition) is 5. The standard InChI is InChI=1S/C52H57FN12O5/c1-4-38-27-57-65-44(24-45(59-49(38)65)63-21-6-5-11-41(63)19-22-66)55-26-37-15-18-46(67)61(30-37)29-34(3)50(68)56-25-36-9-7-10-40(23-36)58-51(69)47-42-32-62(52(70)43-12-8-20-54-43)28-33(2)48(42)64(60-47)31-35-13-16-39(53)17-14-35/h7-10,12-18,20,23-24,27,30,33,41,54-55,66H,3-6,11,19,21-22,25-26,28-29,31-32H2,1-2H3,(H,56,68)(H,58,69)/t33-,41-/m0/s1. The average Bonchev–Trinajstić information content (AvgIpc) is 4.14. The molecule has 0 unspecified atom stereocenters. The molecule has 70 heavy (non-hydrogen) atoms. The van der Waals surface area contributed by atoms with Crippen LogP contribution in [0.3, 0.4) is 0 Å². The van der Waals surface area contributed by atoms with Gasteiger partial charge in [-0.2, -0.15) is 14.7 Å². The van der Waals surface area contributed by atoms with E-state index < -0.39 is 11.8 Å². The van der Waals surface area contributed by atoms with Crippen molar-refractivity contribution in [2.24, 2.45) is 0 Å². The molecule has 1 saturated heterocycles. The van der Waals surface area contributed by atoms with Gasteiger partial charge in [-0.15, -0.1) is 0 Å².